The second-order valence-electron chi connectivity index (χ2n) is 7.13. The Hall–Kier alpha value is -1.11. The Balaban J connectivity index is 1.61. The first-order valence-electron chi connectivity index (χ1n) is 9.28. The molecular formula is C19H30N2O3S. The number of nitrogens with zero attached hydrogens (tertiary/aromatic N) is 2. The Morgan fingerprint density at radius 2 is 1.96 bits per heavy atom. The fraction of sp³-hybridized carbons (Fsp3) is 0.737. The zero-order chi connectivity index (χ0) is 18.0. The highest BCUT2D eigenvalue weighted by Crippen LogP contribution is 2.37. The Bertz CT molecular complexity index is 589. The molecule has 0 bridgehead atoms. The lowest BCUT2D eigenvalue weighted by Crippen LogP contribution is -2.57. The minimum Gasteiger partial charge on any atom is -0.465 e. The molecule has 2 aliphatic rings. The maximum atomic E-state index is 11.9. The van der Waals surface area contributed by atoms with Crippen LogP contribution < -0.4 is 4.90 Å². The Kier molecular flexibility index (Phi) is 6.02. The van der Waals surface area contributed by atoms with Gasteiger partial charge in [0.25, 0.3) is 0 Å². The minimum atomic E-state index is -0.231. The molecule has 1 aromatic heterocycles. The van der Waals surface area contributed by atoms with E-state index in [0.717, 1.165) is 31.2 Å². The summed E-state index contributed by atoms with van der Waals surface area (Å²) in [6.07, 6.45) is 5.39. The lowest BCUT2D eigenvalue weighted by Gasteiger charge is -2.47. The number of hydrogen-bond donors (Lipinski definition) is 0. The molecule has 6 heteroatoms. The van der Waals surface area contributed by atoms with E-state index in [-0.39, 0.29) is 5.97 Å². The zero-order valence-corrected chi connectivity index (χ0v) is 16.6. The van der Waals surface area contributed by atoms with Gasteiger partial charge in [-0.1, -0.05) is 0 Å². The summed E-state index contributed by atoms with van der Waals surface area (Å²) in [7, 11) is 3.26. The summed E-state index contributed by atoms with van der Waals surface area (Å²) in [5.41, 5.74) is 1.77. The highest BCUT2D eigenvalue weighted by Gasteiger charge is 2.36. The Labute approximate surface area is 154 Å². The van der Waals surface area contributed by atoms with Crippen molar-refractivity contribution in [3.05, 3.63) is 16.5 Å². The third-order valence-electron chi connectivity index (χ3n) is 5.85. The molecule has 1 aromatic rings. The number of ether oxygens (including phenoxy) is 2. The van der Waals surface area contributed by atoms with E-state index in [1.807, 2.05) is 19.4 Å². The molecule has 0 unspecified atom stereocenters. The van der Waals surface area contributed by atoms with Crippen molar-refractivity contribution in [1.82, 2.24) is 4.90 Å². The van der Waals surface area contributed by atoms with Gasteiger partial charge in [-0.3, -0.25) is 4.90 Å². The van der Waals surface area contributed by atoms with E-state index in [0.29, 0.717) is 17.7 Å². The quantitative estimate of drug-likeness (QED) is 0.723. The van der Waals surface area contributed by atoms with Gasteiger partial charge in [0.15, 0.2) is 0 Å². The summed E-state index contributed by atoms with van der Waals surface area (Å²) >= 11 is 1.67. The topological polar surface area (TPSA) is 42.0 Å². The van der Waals surface area contributed by atoms with Crippen LogP contribution in [0.2, 0.25) is 0 Å². The number of anilines is 1. The first kappa shape index (κ1) is 18.7. The van der Waals surface area contributed by atoms with Crippen LogP contribution in [0.3, 0.4) is 0 Å². The van der Waals surface area contributed by atoms with E-state index >= 15 is 0 Å². The molecule has 2 heterocycles. The summed E-state index contributed by atoms with van der Waals surface area (Å²) in [5, 5.41) is 3.17. The normalized spacial score (nSPS) is 24.8. The van der Waals surface area contributed by atoms with Crippen molar-refractivity contribution in [3.8, 4) is 0 Å². The molecule has 0 spiro atoms. The molecule has 0 N–H and O–H groups in total. The van der Waals surface area contributed by atoms with Crippen molar-refractivity contribution in [2.45, 2.75) is 57.7 Å². The van der Waals surface area contributed by atoms with Gasteiger partial charge in [0.05, 0.1) is 23.8 Å². The predicted molar refractivity (Wildman–Crippen MR) is 102 cm³/mol. The molecule has 0 amide bonds. The van der Waals surface area contributed by atoms with Crippen molar-refractivity contribution in [1.29, 1.82) is 0 Å². The third kappa shape index (κ3) is 3.71. The lowest BCUT2D eigenvalue weighted by molar-refractivity contribution is -0.0578. The molecule has 25 heavy (non-hydrogen) atoms. The third-order valence-corrected chi connectivity index (χ3v) is 6.97. The van der Waals surface area contributed by atoms with Crippen LogP contribution in [-0.4, -0.2) is 62.9 Å². The van der Waals surface area contributed by atoms with Gasteiger partial charge in [-0.25, -0.2) is 4.79 Å². The Morgan fingerprint density at radius 3 is 2.52 bits per heavy atom. The minimum absolute atomic E-state index is 0.231. The number of rotatable bonds is 6. The summed E-state index contributed by atoms with van der Waals surface area (Å²) in [4.78, 5) is 17.0. The largest absolute Gasteiger partial charge is 0.465 e. The number of hydrogen-bond acceptors (Lipinski definition) is 6. The number of carbonyl (C=O) groups is 1. The highest BCUT2D eigenvalue weighted by atomic mass is 32.1. The molecule has 5 nitrogen and oxygen atoms in total. The van der Waals surface area contributed by atoms with Gasteiger partial charge in [-0.05, 0) is 45.1 Å². The molecule has 1 saturated carbocycles. The summed E-state index contributed by atoms with van der Waals surface area (Å²) in [6.45, 7) is 7.41. The van der Waals surface area contributed by atoms with Crippen molar-refractivity contribution in [2.24, 2.45) is 0 Å². The molecule has 1 saturated heterocycles. The maximum absolute atomic E-state index is 11.9. The van der Waals surface area contributed by atoms with Crippen molar-refractivity contribution in [3.63, 3.8) is 0 Å². The van der Waals surface area contributed by atoms with Crippen LogP contribution in [0.1, 0.15) is 48.5 Å². The van der Waals surface area contributed by atoms with Crippen LogP contribution in [0.4, 0.5) is 5.00 Å². The fourth-order valence-corrected chi connectivity index (χ4v) is 5.42. The second kappa shape index (κ2) is 8.06. The molecule has 2 fully saturated rings. The lowest BCUT2D eigenvalue weighted by atomic mass is 9.87. The molecule has 0 atom stereocenters. The molecule has 1 aliphatic carbocycles. The van der Waals surface area contributed by atoms with Gasteiger partial charge in [0.1, 0.15) is 0 Å². The van der Waals surface area contributed by atoms with Gasteiger partial charge in [-0.15, -0.1) is 11.3 Å². The summed E-state index contributed by atoms with van der Waals surface area (Å²) in [6, 6.07) is 1.29. The van der Waals surface area contributed by atoms with Crippen LogP contribution in [0.5, 0.6) is 0 Å². The van der Waals surface area contributed by atoms with Crippen molar-refractivity contribution >= 4 is 22.3 Å². The summed E-state index contributed by atoms with van der Waals surface area (Å²) < 4.78 is 10.3. The van der Waals surface area contributed by atoms with Crippen LogP contribution in [0.25, 0.3) is 0 Å². The molecule has 0 radical (unpaired) electrons. The molecular weight excluding hydrogens is 336 g/mol. The number of likely N-dealkylation sites (tertiary alicyclic amines) is 1. The van der Waals surface area contributed by atoms with Gasteiger partial charge >= 0.3 is 5.97 Å². The zero-order valence-electron chi connectivity index (χ0n) is 15.8. The maximum Gasteiger partial charge on any atom is 0.339 e. The number of esters is 1. The van der Waals surface area contributed by atoms with Gasteiger partial charge in [-0.2, -0.15) is 0 Å². The van der Waals surface area contributed by atoms with Crippen molar-refractivity contribution in [2.75, 3.05) is 38.8 Å². The predicted octanol–water partition coefficient (Wildman–Crippen LogP) is 3.31. The first-order valence-corrected chi connectivity index (χ1v) is 10.2. The molecule has 3 rings (SSSR count). The van der Waals surface area contributed by atoms with Crippen LogP contribution >= 0.6 is 11.3 Å². The average molecular weight is 367 g/mol. The van der Waals surface area contributed by atoms with Crippen LogP contribution in [0, 0.1) is 6.92 Å². The first-order chi connectivity index (χ1) is 12.1. The smallest absolute Gasteiger partial charge is 0.339 e. The van der Waals surface area contributed by atoms with Crippen LogP contribution in [0.15, 0.2) is 5.38 Å². The summed E-state index contributed by atoms with van der Waals surface area (Å²) in [5.74, 6) is -0.231. The average Bonchev–Trinajstić information content (AvgIpc) is 2.97. The molecule has 140 valence electrons. The Morgan fingerprint density at radius 1 is 1.28 bits per heavy atom. The van der Waals surface area contributed by atoms with E-state index in [1.165, 1.54) is 37.8 Å². The SMILES string of the molecule is CCN(c1scc(C(=O)OC)c1C)C1CCC(N2CC(OC)C2)CC1. The standard InChI is InChI=1S/C19H30N2O3S/c1-5-21(18-13(2)17(12-25-18)19(22)24-4)15-8-6-14(7-9-15)20-10-16(11-20)23-3/h12,14-16H,5-11H2,1-4H3. The number of carbonyl (C=O) groups excluding carboxylic acids is 1. The van der Waals surface area contributed by atoms with E-state index in [9.17, 15) is 4.79 Å². The highest BCUT2D eigenvalue weighted by molar-refractivity contribution is 7.14. The second-order valence-corrected chi connectivity index (χ2v) is 7.99. The van der Waals surface area contributed by atoms with Crippen LogP contribution in [-0.2, 0) is 9.47 Å². The number of methoxy groups -OCH3 is 2. The van der Waals surface area contributed by atoms with Gasteiger partial charge in [0, 0.05) is 44.2 Å². The van der Waals surface area contributed by atoms with E-state index in [4.69, 9.17) is 9.47 Å². The fourth-order valence-electron chi connectivity index (χ4n) is 4.22. The number of thiophene rings is 1. The monoisotopic (exact) mass is 366 g/mol. The van der Waals surface area contributed by atoms with Gasteiger partial charge in [0.2, 0.25) is 0 Å². The van der Waals surface area contributed by atoms with Crippen molar-refractivity contribution < 1.29 is 14.3 Å². The van der Waals surface area contributed by atoms with E-state index in [1.54, 1.807) is 11.3 Å². The van der Waals surface area contributed by atoms with E-state index < -0.39 is 0 Å². The van der Waals surface area contributed by atoms with E-state index in [2.05, 4.69) is 16.7 Å². The molecule has 1 aliphatic heterocycles. The van der Waals surface area contributed by atoms with Gasteiger partial charge < -0.3 is 14.4 Å². The molecule has 0 aromatic carbocycles.